The molecule has 66 valence electrons. The molecule has 0 aromatic rings. The molecule has 0 radical (unpaired) electrons. The minimum absolute atomic E-state index is 0.255. The summed E-state index contributed by atoms with van der Waals surface area (Å²) in [6, 6.07) is 0. The van der Waals surface area contributed by atoms with E-state index in [1.165, 1.54) is 0 Å². The first-order chi connectivity index (χ1) is 5.29. The predicted molar refractivity (Wildman–Crippen MR) is 42.6 cm³/mol. The molecule has 1 fully saturated rings. The Labute approximate surface area is 67.1 Å². The van der Waals surface area contributed by atoms with Gasteiger partial charge in [0.15, 0.2) is 5.79 Å². The molecule has 1 aliphatic heterocycles. The summed E-state index contributed by atoms with van der Waals surface area (Å²) in [7, 11) is 5.67. The number of likely N-dealkylation sites (N-methyl/N-ethyl adjacent to an activating group) is 2. The number of hydrogen-bond acceptors (Lipinski definition) is 5. The molecule has 0 aromatic carbocycles. The van der Waals surface area contributed by atoms with E-state index in [0.717, 1.165) is 0 Å². The van der Waals surface area contributed by atoms with Gasteiger partial charge in [0.1, 0.15) is 6.73 Å². The molecule has 1 heterocycles. The molecular weight excluding hydrogens is 144 g/mol. The van der Waals surface area contributed by atoms with Crippen molar-refractivity contribution in [3.8, 4) is 0 Å². The van der Waals surface area contributed by atoms with E-state index in [1.807, 2.05) is 26.2 Å². The van der Waals surface area contributed by atoms with Crippen molar-refractivity contribution >= 4 is 0 Å². The maximum Gasteiger partial charge on any atom is 0.164 e. The highest BCUT2D eigenvalue weighted by atomic mass is 16.5. The Bertz CT molecular complexity index is 126. The monoisotopic (exact) mass is 160 g/mol. The molecule has 0 atom stereocenters. The molecule has 1 saturated heterocycles. The molecule has 0 bridgehead atoms. The molecule has 0 unspecified atom stereocenters. The first kappa shape index (κ1) is 8.89. The largest absolute Gasteiger partial charge is 0.360 e. The van der Waals surface area contributed by atoms with E-state index in [4.69, 9.17) is 4.74 Å². The summed E-state index contributed by atoms with van der Waals surface area (Å²) in [6.45, 7) is 1.24. The normalized spacial score (nSPS) is 24.3. The Morgan fingerprint density at radius 3 is 2.27 bits per heavy atom. The minimum Gasteiger partial charge on any atom is -0.360 e. The van der Waals surface area contributed by atoms with Crippen LogP contribution in [0.3, 0.4) is 0 Å². The van der Waals surface area contributed by atoms with Gasteiger partial charge in [-0.15, -0.1) is 0 Å². The van der Waals surface area contributed by atoms with E-state index in [0.29, 0.717) is 13.3 Å². The minimum atomic E-state index is -0.255. The second-order valence-electron chi connectivity index (χ2n) is 2.49. The van der Waals surface area contributed by atoms with E-state index in [-0.39, 0.29) is 5.79 Å². The fourth-order valence-corrected chi connectivity index (χ4v) is 1.27. The van der Waals surface area contributed by atoms with Crippen molar-refractivity contribution in [3.05, 3.63) is 0 Å². The highest BCUT2D eigenvalue weighted by Crippen LogP contribution is 2.12. The summed E-state index contributed by atoms with van der Waals surface area (Å²) in [4.78, 5) is 0. The van der Waals surface area contributed by atoms with Crippen LogP contribution >= 0.6 is 0 Å². The second kappa shape index (κ2) is 3.46. The average Bonchev–Trinajstić information content (AvgIpc) is 2.47. The third kappa shape index (κ3) is 1.38. The van der Waals surface area contributed by atoms with Crippen LogP contribution in [0.1, 0.15) is 0 Å². The van der Waals surface area contributed by atoms with E-state index in [1.54, 1.807) is 0 Å². The summed E-state index contributed by atoms with van der Waals surface area (Å²) >= 11 is 0. The summed E-state index contributed by atoms with van der Waals surface area (Å²) < 4.78 is 5.28. The summed E-state index contributed by atoms with van der Waals surface area (Å²) in [5, 5.41) is 8.28. The van der Waals surface area contributed by atoms with Gasteiger partial charge in [0.05, 0.1) is 6.61 Å². The Balaban J connectivity index is 2.63. The van der Waals surface area contributed by atoms with Crippen LogP contribution in [0.15, 0.2) is 0 Å². The van der Waals surface area contributed by atoms with Gasteiger partial charge in [-0.25, -0.2) is 0 Å². The zero-order valence-corrected chi connectivity index (χ0v) is 7.27. The predicted octanol–water partition coefficient (Wildman–Crippen LogP) is -1.50. The van der Waals surface area contributed by atoms with E-state index >= 15 is 0 Å². The van der Waals surface area contributed by atoms with Crippen molar-refractivity contribution in [2.75, 3.05) is 34.5 Å². The molecular formula is C6H16N4O. The van der Waals surface area contributed by atoms with Gasteiger partial charge in [0.2, 0.25) is 0 Å². The average molecular weight is 160 g/mol. The smallest absolute Gasteiger partial charge is 0.164 e. The standard InChI is InChI=1S/C6H16N4O/c1-7-6(8-2)4-11-5-10(6)9-3/h7-9H,4-5H2,1-3H3. The topological polar surface area (TPSA) is 48.6 Å². The van der Waals surface area contributed by atoms with Crippen molar-refractivity contribution in [1.29, 1.82) is 0 Å². The van der Waals surface area contributed by atoms with Crippen molar-refractivity contribution in [2.24, 2.45) is 0 Å². The van der Waals surface area contributed by atoms with Crippen molar-refractivity contribution in [2.45, 2.75) is 5.79 Å². The number of rotatable bonds is 3. The fourth-order valence-electron chi connectivity index (χ4n) is 1.27. The van der Waals surface area contributed by atoms with Crippen LogP contribution in [-0.2, 0) is 4.74 Å². The summed E-state index contributed by atoms with van der Waals surface area (Å²) in [6.07, 6.45) is 0. The number of nitrogens with one attached hydrogen (secondary N) is 3. The number of hydrogen-bond donors (Lipinski definition) is 3. The molecule has 3 N–H and O–H groups in total. The quantitative estimate of drug-likeness (QED) is 0.439. The lowest BCUT2D eigenvalue weighted by molar-refractivity contribution is 0.0430. The Morgan fingerprint density at radius 1 is 1.27 bits per heavy atom. The maximum absolute atomic E-state index is 5.28. The molecule has 1 rings (SSSR count). The van der Waals surface area contributed by atoms with Gasteiger partial charge >= 0.3 is 0 Å². The zero-order chi connectivity index (χ0) is 8.32. The lowest BCUT2D eigenvalue weighted by Crippen LogP contribution is -2.67. The molecule has 5 nitrogen and oxygen atoms in total. The van der Waals surface area contributed by atoms with Crippen LogP contribution in [0.25, 0.3) is 0 Å². The van der Waals surface area contributed by atoms with Crippen molar-refractivity contribution in [3.63, 3.8) is 0 Å². The van der Waals surface area contributed by atoms with Crippen LogP contribution in [0.5, 0.6) is 0 Å². The number of nitrogens with zero attached hydrogens (tertiary/aromatic N) is 1. The van der Waals surface area contributed by atoms with E-state index < -0.39 is 0 Å². The zero-order valence-electron chi connectivity index (χ0n) is 7.27. The van der Waals surface area contributed by atoms with Gasteiger partial charge in [-0.1, -0.05) is 0 Å². The first-order valence-corrected chi connectivity index (χ1v) is 3.69. The third-order valence-electron chi connectivity index (χ3n) is 2.09. The van der Waals surface area contributed by atoms with Gasteiger partial charge in [-0.05, 0) is 21.1 Å². The van der Waals surface area contributed by atoms with Crippen LogP contribution in [0, 0.1) is 0 Å². The van der Waals surface area contributed by atoms with Gasteiger partial charge in [-0.3, -0.25) is 16.1 Å². The summed E-state index contributed by atoms with van der Waals surface area (Å²) in [5.74, 6) is -0.255. The van der Waals surface area contributed by atoms with Crippen molar-refractivity contribution < 1.29 is 4.74 Å². The lowest BCUT2D eigenvalue weighted by atomic mass is 10.4. The van der Waals surface area contributed by atoms with Crippen LogP contribution in [-0.4, -0.2) is 45.3 Å². The van der Waals surface area contributed by atoms with Gasteiger partial charge in [0, 0.05) is 0 Å². The fraction of sp³-hybridized carbons (Fsp3) is 1.00. The van der Waals surface area contributed by atoms with Crippen LogP contribution in [0.2, 0.25) is 0 Å². The Kier molecular flexibility index (Phi) is 2.80. The highest BCUT2D eigenvalue weighted by molar-refractivity contribution is 4.83. The molecule has 0 spiro atoms. The SMILES string of the molecule is CNN1COCC1(NC)NC. The van der Waals surface area contributed by atoms with Crippen LogP contribution in [0.4, 0.5) is 0 Å². The van der Waals surface area contributed by atoms with E-state index in [2.05, 4.69) is 16.1 Å². The van der Waals surface area contributed by atoms with Gasteiger partial charge in [0.25, 0.3) is 0 Å². The molecule has 0 aliphatic carbocycles. The first-order valence-electron chi connectivity index (χ1n) is 3.69. The maximum atomic E-state index is 5.28. The second-order valence-corrected chi connectivity index (χ2v) is 2.49. The molecule has 0 amide bonds. The van der Waals surface area contributed by atoms with E-state index in [9.17, 15) is 0 Å². The molecule has 1 aliphatic rings. The number of hydrazine groups is 1. The Hall–Kier alpha value is -0.200. The molecule has 0 aromatic heterocycles. The van der Waals surface area contributed by atoms with Gasteiger partial charge < -0.3 is 4.74 Å². The lowest BCUT2D eigenvalue weighted by Gasteiger charge is -2.34. The number of ether oxygens (including phenoxy) is 1. The Morgan fingerprint density at radius 2 is 1.91 bits per heavy atom. The highest BCUT2D eigenvalue weighted by Gasteiger charge is 2.38. The van der Waals surface area contributed by atoms with Crippen molar-refractivity contribution in [1.82, 2.24) is 21.1 Å². The third-order valence-corrected chi connectivity index (χ3v) is 2.09. The molecule has 11 heavy (non-hydrogen) atoms. The summed E-state index contributed by atoms with van der Waals surface area (Å²) in [5.41, 5.74) is 3.04. The van der Waals surface area contributed by atoms with Gasteiger partial charge in [-0.2, -0.15) is 5.01 Å². The van der Waals surface area contributed by atoms with Crippen LogP contribution < -0.4 is 16.1 Å². The molecule has 5 heteroatoms. The molecule has 0 saturated carbocycles.